The minimum Gasteiger partial charge on any atom is -0.403 e. The maximum Gasteiger partial charge on any atom is 0.319 e. The van der Waals surface area contributed by atoms with E-state index in [1.807, 2.05) is 30.3 Å². The van der Waals surface area contributed by atoms with Crippen LogP contribution in [0.4, 0.5) is 22.2 Å². The Kier molecular flexibility index (Phi) is 8.88. The van der Waals surface area contributed by atoms with Gasteiger partial charge in [-0.25, -0.2) is 9.78 Å². The topological polar surface area (TPSA) is 129 Å². The van der Waals surface area contributed by atoms with Crippen LogP contribution in [-0.4, -0.2) is 41.8 Å². The van der Waals surface area contributed by atoms with E-state index in [0.29, 0.717) is 40.9 Å². The molecule has 176 valence electrons. The molecule has 10 heteroatoms. The number of nitrogens with one attached hydrogen (secondary N) is 4. The van der Waals surface area contributed by atoms with Crippen molar-refractivity contribution in [2.75, 3.05) is 29.5 Å². The van der Waals surface area contributed by atoms with Gasteiger partial charge in [-0.05, 0) is 36.8 Å². The third-order valence-electron chi connectivity index (χ3n) is 5.71. The zero-order valence-electron chi connectivity index (χ0n) is 18.9. The van der Waals surface area contributed by atoms with Crippen LogP contribution in [0.2, 0.25) is 5.02 Å². The number of amides is 2. The van der Waals surface area contributed by atoms with Crippen LogP contribution in [0.25, 0.3) is 0 Å². The summed E-state index contributed by atoms with van der Waals surface area (Å²) in [5.41, 5.74) is 6.95. The van der Waals surface area contributed by atoms with E-state index in [9.17, 15) is 4.79 Å². The van der Waals surface area contributed by atoms with Gasteiger partial charge < -0.3 is 27.0 Å². The van der Waals surface area contributed by atoms with Crippen molar-refractivity contribution in [3.8, 4) is 0 Å². The monoisotopic (exact) mass is 470 g/mol. The summed E-state index contributed by atoms with van der Waals surface area (Å²) in [6.07, 6.45) is 7.45. The molecule has 2 aromatic rings. The first kappa shape index (κ1) is 24.3. The van der Waals surface area contributed by atoms with Crippen LogP contribution in [0.3, 0.4) is 0 Å². The maximum absolute atomic E-state index is 12.3. The second-order valence-corrected chi connectivity index (χ2v) is 8.37. The SMILES string of the molecule is CCC1CC(Nc2nc(NC(C=NC)=CN)ncc2Cl)CC1CNC(=O)Nc1ccccc1. The molecule has 0 bridgehead atoms. The summed E-state index contributed by atoms with van der Waals surface area (Å²) in [5, 5.41) is 12.8. The molecule has 1 aliphatic carbocycles. The molecule has 33 heavy (non-hydrogen) atoms. The van der Waals surface area contributed by atoms with Gasteiger partial charge in [-0.3, -0.25) is 4.99 Å². The number of allylic oxidation sites excluding steroid dienone is 1. The Bertz CT molecular complexity index is 982. The number of carbonyl (C=O) groups excluding carboxylic acids is 1. The summed E-state index contributed by atoms with van der Waals surface area (Å²) in [4.78, 5) is 24.9. The van der Waals surface area contributed by atoms with E-state index in [-0.39, 0.29) is 12.1 Å². The third-order valence-corrected chi connectivity index (χ3v) is 5.99. The second-order valence-electron chi connectivity index (χ2n) is 7.97. The number of urea groups is 1. The molecule has 0 radical (unpaired) electrons. The van der Waals surface area contributed by atoms with Crippen LogP contribution in [0.1, 0.15) is 26.2 Å². The van der Waals surface area contributed by atoms with Crippen LogP contribution >= 0.6 is 11.6 Å². The van der Waals surface area contributed by atoms with Crippen LogP contribution in [-0.2, 0) is 0 Å². The van der Waals surface area contributed by atoms with Crippen LogP contribution < -0.4 is 27.0 Å². The highest BCUT2D eigenvalue weighted by atomic mass is 35.5. The Morgan fingerprint density at radius 3 is 2.70 bits per heavy atom. The number of aliphatic imine (C=N–C) groups is 1. The quantitative estimate of drug-likeness (QED) is 0.351. The molecule has 1 aromatic carbocycles. The summed E-state index contributed by atoms with van der Waals surface area (Å²) < 4.78 is 0. The minimum absolute atomic E-state index is 0.193. The number of benzene rings is 1. The lowest BCUT2D eigenvalue weighted by atomic mass is 9.94. The average molecular weight is 471 g/mol. The number of nitrogens with two attached hydrogens (primary N) is 1. The normalized spacial score (nSPS) is 20.6. The number of hydrogen-bond acceptors (Lipinski definition) is 7. The zero-order chi connectivity index (χ0) is 23.6. The number of rotatable bonds is 9. The van der Waals surface area contributed by atoms with Gasteiger partial charge in [0.15, 0.2) is 5.82 Å². The standard InChI is InChI=1S/C23H31ClN8O/c1-3-15-9-18(10-16(15)12-28-23(33)31-17-7-5-4-6-8-17)29-21-20(24)14-27-22(32-21)30-19(11-25)13-26-2/h4-8,11,13-16,18H,3,9-10,12,25H2,1-2H3,(H2,28,31,33)(H2,27,29,30,32). The lowest BCUT2D eigenvalue weighted by Crippen LogP contribution is -2.34. The van der Waals surface area contributed by atoms with Gasteiger partial charge in [-0.2, -0.15) is 4.98 Å². The molecule has 2 amide bonds. The summed E-state index contributed by atoms with van der Waals surface area (Å²) in [6.45, 7) is 2.79. The van der Waals surface area contributed by atoms with Crippen molar-refractivity contribution >= 4 is 41.3 Å². The van der Waals surface area contributed by atoms with Crippen LogP contribution in [0, 0.1) is 11.8 Å². The molecule has 1 heterocycles. The van der Waals surface area contributed by atoms with E-state index in [2.05, 4.69) is 43.2 Å². The van der Waals surface area contributed by atoms with Gasteiger partial charge in [0.2, 0.25) is 5.95 Å². The number of aromatic nitrogens is 2. The van der Waals surface area contributed by atoms with Crippen molar-refractivity contribution in [2.45, 2.75) is 32.2 Å². The van der Waals surface area contributed by atoms with Crippen LogP contribution in [0.5, 0.6) is 0 Å². The second kappa shape index (κ2) is 12.1. The van der Waals surface area contributed by atoms with Crippen LogP contribution in [0.15, 0.2) is 53.4 Å². The molecule has 6 N–H and O–H groups in total. The van der Waals surface area contributed by atoms with E-state index in [0.717, 1.165) is 24.9 Å². The van der Waals surface area contributed by atoms with Gasteiger partial charge in [0.1, 0.15) is 5.02 Å². The highest BCUT2D eigenvalue weighted by Gasteiger charge is 2.33. The van der Waals surface area contributed by atoms with E-state index in [1.165, 1.54) is 6.20 Å². The lowest BCUT2D eigenvalue weighted by Gasteiger charge is -2.18. The molecule has 1 fully saturated rings. The molecule has 3 atom stereocenters. The van der Waals surface area contributed by atoms with Gasteiger partial charge in [0.05, 0.1) is 11.9 Å². The minimum atomic E-state index is -0.193. The van der Waals surface area contributed by atoms with Crippen molar-refractivity contribution in [3.63, 3.8) is 0 Å². The van der Waals surface area contributed by atoms with Crippen molar-refractivity contribution < 1.29 is 4.79 Å². The third kappa shape index (κ3) is 7.08. The summed E-state index contributed by atoms with van der Waals surface area (Å²) in [5.74, 6) is 1.79. The molecule has 0 saturated heterocycles. The Morgan fingerprint density at radius 2 is 2.00 bits per heavy atom. The average Bonchev–Trinajstić information content (AvgIpc) is 3.22. The van der Waals surface area contributed by atoms with Crippen molar-refractivity contribution in [2.24, 2.45) is 22.6 Å². The Balaban J connectivity index is 1.57. The fourth-order valence-corrected chi connectivity index (χ4v) is 4.25. The molecule has 1 saturated carbocycles. The molecular formula is C23H31ClN8O. The lowest BCUT2D eigenvalue weighted by molar-refractivity contribution is 0.248. The Labute approximate surface area is 199 Å². The van der Waals surface area contributed by atoms with E-state index in [1.54, 1.807) is 19.5 Å². The first-order chi connectivity index (χ1) is 16.0. The Morgan fingerprint density at radius 1 is 1.24 bits per heavy atom. The van der Waals surface area contributed by atoms with Gasteiger partial charge in [-0.15, -0.1) is 0 Å². The molecule has 3 rings (SSSR count). The molecule has 1 aliphatic rings. The zero-order valence-corrected chi connectivity index (χ0v) is 19.6. The molecule has 0 aliphatic heterocycles. The largest absolute Gasteiger partial charge is 0.403 e. The molecule has 3 unspecified atom stereocenters. The summed E-state index contributed by atoms with van der Waals surface area (Å²) >= 11 is 6.35. The van der Waals surface area contributed by atoms with Gasteiger partial charge in [0.25, 0.3) is 0 Å². The number of anilines is 3. The molecular weight excluding hydrogens is 440 g/mol. The smallest absolute Gasteiger partial charge is 0.319 e. The number of para-hydroxylation sites is 1. The molecule has 1 aromatic heterocycles. The van der Waals surface area contributed by atoms with Crippen molar-refractivity contribution in [1.82, 2.24) is 15.3 Å². The highest BCUT2D eigenvalue weighted by Crippen LogP contribution is 2.36. The van der Waals surface area contributed by atoms with E-state index >= 15 is 0 Å². The number of nitrogens with zero attached hydrogens (tertiary/aromatic N) is 3. The van der Waals surface area contributed by atoms with Crippen molar-refractivity contribution in [3.05, 3.63) is 53.4 Å². The molecule has 0 spiro atoms. The predicted octanol–water partition coefficient (Wildman–Crippen LogP) is 4.08. The summed E-state index contributed by atoms with van der Waals surface area (Å²) in [6, 6.07) is 9.41. The fourth-order valence-electron chi connectivity index (χ4n) is 4.11. The predicted molar refractivity (Wildman–Crippen MR) is 135 cm³/mol. The molecule has 9 nitrogen and oxygen atoms in total. The first-order valence-corrected chi connectivity index (χ1v) is 11.4. The number of halogens is 1. The van der Waals surface area contributed by atoms with Crippen molar-refractivity contribution in [1.29, 1.82) is 0 Å². The van der Waals surface area contributed by atoms with E-state index < -0.39 is 0 Å². The number of hydrogen-bond donors (Lipinski definition) is 5. The van der Waals surface area contributed by atoms with Gasteiger partial charge in [0, 0.05) is 37.7 Å². The van der Waals surface area contributed by atoms with E-state index in [4.69, 9.17) is 17.3 Å². The fraction of sp³-hybridized carbons (Fsp3) is 0.391. The van der Waals surface area contributed by atoms with Gasteiger partial charge in [-0.1, -0.05) is 43.1 Å². The summed E-state index contributed by atoms with van der Waals surface area (Å²) in [7, 11) is 1.65. The van der Waals surface area contributed by atoms with Gasteiger partial charge >= 0.3 is 6.03 Å². The highest BCUT2D eigenvalue weighted by molar-refractivity contribution is 6.32. The Hall–Kier alpha value is -3.33. The number of carbonyl (C=O) groups is 1. The maximum atomic E-state index is 12.3. The first-order valence-electron chi connectivity index (χ1n) is 11.0.